The molecule has 0 unspecified atom stereocenters. The molecule has 0 radical (unpaired) electrons. The van der Waals surface area contributed by atoms with Crippen LogP contribution in [0, 0.1) is 11.6 Å². The molecule has 2 bridgehead atoms. The minimum Gasteiger partial charge on any atom is -0.443 e. The van der Waals surface area contributed by atoms with E-state index in [1.54, 1.807) is 18.5 Å². The Kier molecular flexibility index (Phi) is 5.22. The van der Waals surface area contributed by atoms with Gasteiger partial charge in [0.2, 0.25) is 5.89 Å². The summed E-state index contributed by atoms with van der Waals surface area (Å²) in [4.78, 5) is 13.8. The number of hydrogen-bond donors (Lipinski definition) is 1. The van der Waals surface area contributed by atoms with E-state index >= 15 is 0 Å². The van der Waals surface area contributed by atoms with Gasteiger partial charge in [0.1, 0.15) is 34.9 Å². The van der Waals surface area contributed by atoms with E-state index in [2.05, 4.69) is 20.2 Å². The van der Waals surface area contributed by atoms with Gasteiger partial charge in [-0.1, -0.05) is 19.9 Å². The van der Waals surface area contributed by atoms with E-state index < -0.39 is 22.7 Å². The van der Waals surface area contributed by atoms with E-state index in [0.29, 0.717) is 30.1 Å². The van der Waals surface area contributed by atoms with Gasteiger partial charge in [0.25, 0.3) is 0 Å². The van der Waals surface area contributed by atoms with E-state index in [0.717, 1.165) is 36.2 Å². The number of fused-ring (bicyclic) bond motifs is 5. The van der Waals surface area contributed by atoms with Crippen LogP contribution in [0.2, 0.25) is 0 Å². The van der Waals surface area contributed by atoms with Gasteiger partial charge in [0.15, 0.2) is 0 Å². The maximum absolute atomic E-state index is 14.4. The van der Waals surface area contributed by atoms with Crippen LogP contribution in [-0.2, 0) is 11.0 Å². The highest BCUT2D eigenvalue weighted by atomic mass is 19.1. The molecule has 0 saturated heterocycles. The number of benzene rings is 1. The molecule has 1 aromatic carbocycles. The van der Waals surface area contributed by atoms with Crippen LogP contribution < -0.4 is 0 Å². The summed E-state index contributed by atoms with van der Waals surface area (Å²) >= 11 is 0. The Hall–Kier alpha value is -3.59. The standard InChI is InChI=1S/C27H25F2N5O2/c1-3-27(35,4-2)22-14-36-25(32-22)20-12-30-13-21(31-20)26-9-8-15(11-26)16-10-19(33-34-24(16)26)23-17(28)6-5-7-18(23)29/h5-7,10,12-15,35H,3-4,8-9,11H2,1-2H3/t15-,26+/m1/s1. The number of hydrogen-bond acceptors (Lipinski definition) is 7. The zero-order valence-corrected chi connectivity index (χ0v) is 20.0. The predicted octanol–water partition coefficient (Wildman–Crippen LogP) is 5.44. The summed E-state index contributed by atoms with van der Waals surface area (Å²) < 4.78 is 34.5. The van der Waals surface area contributed by atoms with Gasteiger partial charge in [0, 0.05) is 6.20 Å². The quantitative estimate of drug-likeness (QED) is 0.385. The SMILES string of the molecule is CCC(O)(CC)c1coc(-c2cncc([C@]34CC[C@H](C3)c3cc(-c5c(F)cccc5F)nnc34)n2)n1. The van der Waals surface area contributed by atoms with E-state index in [9.17, 15) is 13.9 Å². The third kappa shape index (κ3) is 3.29. The summed E-state index contributed by atoms with van der Waals surface area (Å²) in [6.07, 6.45) is 8.33. The van der Waals surface area contributed by atoms with Gasteiger partial charge in [-0.05, 0) is 61.8 Å². The van der Waals surface area contributed by atoms with E-state index in [4.69, 9.17) is 9.40 Å². The largest absolute Gasteiger partial charge is 0.443 e. The third-order valence-corrected chi connectivity index (χ3v) is 7.94. The second kappa shape index (κ2) is 8.23. The van der Waals surface area contributed by atoms with Crippen molar-refractivity contribution in [3.63, 3.8) is 0 Å². The number of aliphatic hydroxyl groups is 1. The van der Waals surface area contributed by atoms with Crippen LogP contribution in [-0.4, -0.2) is 30.3 Å². The summed E-state index contributed by atoms with van der Waals surface area (Å²) in [7, 11) is 0. The molecule has 6 rings (SSSR count). The van der Waals surface area contributed by atoms with E-state index in [-0.39, 0.29) is 17.2 Å². The highest BCUT2D eigenvalue weighted by Crippen LogP contribution is 2.59. The molecule has 0 spiro atoms. The van der Waals surface area contributed by atoms with Crippen LogP contribution in [0.15, 0.2) is 47.3 Å². The molecule has 1 saturated carbocycles. The van der Waals surface area contributed by atoms with Gasteiger partial charge < -0.3 is 9.52 Å². The zero-order valence-electron chi connectivity index (χ0n) is 20.0. The molecule has 4 aromatic rings. The maximum atomic E-state index is 14.4. The van der Waals surface area contributed by atoms with Gasteiger partial charge in [0.05, 0.1) is 34.3 Å². The minimum atomic E-state index is -1.06. The van der Waals surface area contributed by atoms with Crippen molar-refractivity contribution < 1.29 is 18.3 Å². The first-order valence-corrected chi connectivity index (χ1v) is 12.2. The molecule has 0 amide bonds. The van der Waals surface area contributed by atoms with Crippen LogP contribution in [0.1, 0.15) is 74.5 Å². The summed E-state index contributed by atoms with van der Waals surface area (Å²) in [5.74, 6) is -0.833. The Morgan fingerprint density at radius 2 is 1.86 bits per heavy atom. The molecule has 1 fully saturated rings. The lowest BCUT2D eigenvalue weighted by atomic mass is 9.80. The van der Waals surface area contributed by atoms with Crippen molar-refractivity contribution in [2.45, 2.75) is 62.9 Å². The van der Waals surface area contributed by atoms with Crippen molar-refractivity contribution >= 4 is 0 Å². The topological polar surface area (TPSA) is 97.8 Å². The maximum Gasteiger partial charge on any atom is 0.247 e. The van der Waals surface area contributed by atoms with Crippen molar-refractivity contribution in [1.29, 1.82) is 0 Å². The smallest absolute Gasteiger partial charge is 0.247 e. The number of aromatic nitrogens is 5. The minimum absolute atomic E-state index is 0.162. The van der Waals surface area contributed by atoms with Gasteiger partial charge in [-0.2, -0.15) is 5.10 Å². The fraction of sp³-hybridized carbons (Fsp3) is 0.370. The molecule has 2 atom stereocenters. The van der Waals surface area contributed by atoms with E-state index in [1.165, 1.54) is 24.5 Å². The Labute approximate surface area is 206 Å². The molecule has 2 aliphatic carbocycles. The molecular weight excluding hydrogens is 464 g/mol. The predicted molar refractivity (Wildman–Crippen MR) is 127 cm³/mol. The van der Waals surface area contributed by atoms with Gasteiger partial charge >= 0.3 is 0 Å². The van der Waals surface area contributed by atoms with Crippen molar-refractivity contribution in [2.75, 3.05) is 0 Å². The number of oxazole rings is 1. The van der Waals surface area contributed by atoms with Crippen molar-refractivity contribution in [3.8, 4) is 22.8 Å². The summed E-state index contributed by atoms with van der Waals surface area (Å²) in [6, 6.07) is 5.54. The lowest BCUT2D eigenvalue weighted by Gasteiger charge is -2.26. The molecule has 7 nitrogen and oxygen atoms in total. The van der Waals surface area contributed by atoms with E-state index in [1.807, 2.05) is 13.8 Å². The van der Waals surface area contributed by atoms with Crippen molar-refractivity contribution in [2.24, 2.45) is 0 Å². The highest BCUT2D eigenvalue weighted by Gasteiger charge is 2.53. The Bertz CT molecular complexity index is 1450. The number of rotatable bonds is 6. The van der Waals surface area contributed by atoms with Crippen LogP contribution >= 0.6 is 0 Å². The van der Waals surface area contributed by atoms with Crippen LogP contribution in [0.5, 0.6) is 0 Å². The Balaban J connectivity index is 1.39. The molecule has 9 heteroatoms. The van der Waals surface area contributed by atoms with Crippen LogP contribution in [0.4, 0.5) is 8.78 Å². The molecule has 3 heterocycles. The fourth-order valence-corrected chi connectivity index (χ4v) is 5.75. The molecule has 36 heavy (non-hydrogen) atoms. The van der Waals surface area contributed by atoms with Crippen LogP contribution in [0.3, 0.4) is 0 Å². The normalized spacial score (nSPS) is 20.6. The summed E-state index contributed by atoms with van der Waals surface area (Å²) in [5, 5.41) is 19.5. The zero-order chi connectivity index (χ0) is 25.1. The first kappa shape index (κ1) is 22.8. The first-order valence-electron chi connectivity index (χ1n) is 12.2. The van der Waals surface area contributed by atoms with Gasteiger partial charge in [-0.3, -0.25) is 4.98 Å². The van der Waals surface area contributed by atoms with Gasteiger partial charge in [-0.15, -0.1) is 5.10 Å². The molecule has 0 aliphatic heterocycles. The summed E-state index contributed by atoms with van der Waals surface area (Å²) in [6.45, 7) is 3.80. The number of nitrogens with zero attached hydrogens (tertiary/aromatic N) is 5. The van der Waals surface area contributed by atoms with Crippen molar-refractivity contribution in [1.82, 2.24) is 25.1 Å². The monoisotopic (exact) mass is 489 g/mol. The first-order chi connectivity index (χ1) is 17.4. The second-order valence-corrected chi connectivity index (χ2v) is 9.72. The molecule has 1 N–H and O–H groups in total. The number of halogens is 2. The highest BCUT2D eigenvalue weighted by molar-refractivity contribution is 5.63. The fourth-order valence-electron chi connectivity index (χ4n) is 5.75. The molecule has 184 valence electrons. The van der Waals surface area contributed by atoms with Gasteiger partial charge in [-0.25, -0.2) is 18.7 Å². The molecule has 2 aliphatic rings. The lowest BCUT2D eigenvalue weighted by Crippen LogP contribution is -2.26. The average molecular weight is 490 g/mol. The Morgan fingerprint density at radius 3 is 2.61 bits per heavy atom. The molecular formula is C27H25F2N5O2. The molecule has 3 aromatic heterocycles. The Morgan fingerprint density at radius 1 is 1.08 bits per heavy atom. The second-order valence-electron chi connectivity index (χ2n) is 9.72. The average Bonchev–Trinajstić information content (AvgIpc) is 3.64. The van der Waals surface area contributed by atoms with Crippen LogP contribution in [0.25, 0.3) is 22.8 Å². The summed E-state index contributed by atoms with van der Waals surface area (Å²) in [5.41, 5.74) is 1.91. The third-order valence-electron chi connectivity index (χ3n) is 7.94. The van der Waals surface area contributed by atoms with Crippen molar-refractivity contribution in [3.05, 3.63) is 77.2 Å². The lowest BCUT2D eigenvalue weighted by molar-refractivity contribution is 0.0239.